The Morgan fingerprint density at radius 2 is 1.98 bits per heavy atom. The zero-order chi connectivity index (χ0) is 29.6. The number of carboxylic acid groups (broad SMARTS) is 1. The number of ether oxygens (including phenoxy) is 4. The van der Waals surface area contributed by atoms with E-state index in [0.717, 1.165) is 22.2 Å². The van der Waals surface area contributed by atoms with Gasteiger partial charge in [0.2, 0.25) is 5.54 Å². The Labute approximate surface area is 234 Å². The second-order valence-corrected chi connectivity index (χ2v) is 11.6. The van der Waals surface area contributed by atoms with Gasteiger partial charge in [0.1, 0.15) is 29.0 Å². The molecule has 0 bridgehead atoms. The maximum Gasteiger partial charge on any atom is 0.352 e. The molecule has 14 heteroatoms. The smallest absolute Gasteiger partial charge is 0.352 e. The van der Waals surface area contributed by atoms with Crippen LogP contribution in [0.2, 0.25) is 0 Å². The van der Waals surface area contributed by atoms with E-state index in [0.29, 0.717) is 18.8 Å². The first-order valence-corrected chi connectivity index (χ1v) is 13.4. The molecule has 40 heavy (non-hydrogen) atoms. The van der Waals surface area contributed by atoms with E-state index in [2.05, 4.69) is 5.32 Å². The highest BCUT2D eigenvalue weighted by atomic mass is 32.2. The Bertz CT molecular complexity index is 1320. The summed E-state index contributed by atoms with van der Waals surface area (Å²) in [7, 11) is 1.17. The molecule has 216 valence electrons. The molecule has 2 amide bonds. The predicted molar refractivity (Wildman–Crippen MR) is 140 cm³/mol. The Morgan fingerprint density at radius 3 is 2.58 bits per heavy atom. The van der Waals surface area contributed by atoms with Crippen LogP contribution in [0.25, 0.3) is 0 Å². The second-order valence-electron chi connectivity index (χ2n) is 10.5. The maximum atomic E-state index is 13.9. The van der Waals surface area contributed by atoms with Crippen LogP contribution in [0, 0.1) is 0 Å². The number of nitrogens with two attached hydrogens (primary N) is 1. The van der Waals surface area contributed by atoms with E-state index in [9.17, 15) is 29.1 Å². The molecule has 1 aromatic carbocycles. The van der Waals surface area contributed by atoms with E-state index in [1.807, 2.05) is 0 Å². The molecule has 3 atom stereocenters. The number of esters is 2. The zero-order valence-corrected chi connectivity index (χ0v) is 23.5. The number of nitrogens with zero attached hydrogens (tertiary/aromatic N) is 1. The summed E-state index contributed by atoms with van der Waals surface area (Å²) in [5, 5.41) is 11.3. The largest absolute Gasteiger partial charge is 0.493 e. The first-order valence-electron chi connectivity index (χ1n) is 12.4. The highest BCUT2D eigenvalue weighted by molar-refractivity contribution is 8.00. The van der Waals surface area contributed by atoms with Crippen molar-refractivity contribution in [3.63, 3.8) is 0 Å². The van der Waals surface area contributed by atoms with Crippen molar-refractivity contribution >= 4 is 41.5 Å². The first-order chi connectivity index (χ1) is 18.7. The second kappa shape index (κ2) is 10.4. The summed E-state index contributed by atoms with van der Waals surface area (Å²) in [6.45, 7) is 6.15. The van der Waals surface area contributed by atoms with Crippen molar-refractivity contribution in [2.45, 2.75) is 56.4 Å². The molecule has 4 rings (SSSR count). The van der Waals surface area contributed by atoms with Crippen molar-refractivity contribution < 1.29 is 48.0 Å². The number of aliphatic carboxylic acids is 1. The maximum absolute atomic E-state index is 13.9. The van der Waals surface area contributed by atoms with Crippen molar-refractivity contribution in [2.24, 2.45) is 5.73 Å². The molecule has 3 unspecified atom stereocenters. The number of methoxy groups -OCH3 is 1. The van der Waals surface area contributed by atoms with Gasteiger partial charge >= 0.3 is 17.9 Å². The number of carboxylic acids is 1. The Morgan fingerprint density at radius 1 is 1.27 bits per heavy atom. The Hall–Kier alpha value is -3.62. The van der Waals surface area contributed by atoms with Gasteiger partial charge in [-0.25, -0.2) is 9.59 Å². The van der Waals surface area contributed by atoms with Crippen LogP contribution in [0.5, 0.6) is 5.75 Å². The molecule has 13 nitrogen and oxygen atoms in total. The fourth-order valence-electron chi connectivity index (χ4n) is 4.64. The molecule has 1 saturated heterocycles. The van der Waals surface area contributed by atoms with Gasteiger partial charge in [0.15, 0.2) is 0 Å². The quantitative estimate of drug-likeness (QED) is 0.167. The number of hydrogen-bond donors (Lipinski definition) is 3. The van der Waals surface area contributed by atoms with Gasteiger partial charge in [-0.2, -0.15) is 0 Å². The molecule has 1 aromatic rings. The van der Waals surface area contributed by atoms with E-state index < -0.39 is 52.0 Å². The van der Waals surface area contributed by atoms with E-state index in [1.54, 1.807) is 32.9 Å². The summed E-state index contributed by atoms with van der Waals surface area (Å²) in [4.78, 5) is 65.2. The van der Waals surface area contributed by atoms with Gasteiger partial charge in [-0.1, -0.05) is 6.07 Å². The molecule has 4 N–H and O–H groups in total. The minimum absolute atomic E-state index is 0.0645. The first kappa shape index (κ1) is 29.4. The van der Waals surface area contributed by atoms with Crippen LogP contribution in [0.3, 0.4) is 0 Å². The van der Waals surface area contributed by atoms with Crippen LogP contribution in [0.15, 0.2) is 29.5 Å². The van der Waals surface area contributed by atoms with E-state index >= 15 is 0 Å². The summed E-state index contributed by atoms with van der Waals surface area (Å²) < 4.78 is 21.5. The number of thioether (sulfide) groups is 1. The predicted octanol–water partition coefficient (Wildman–Crippen LogP) is 0.393. The van der Waals surface area contributed by atoms with Gasteiger partial charge in [0, 0.05) is 31.8 Å². The summed E-state index contributed by atoms with van der Waals surface area (Å²) in [6.07, 6.45) is 0.545. The summed E-state index contributed by atoms with van der Waals surface area (Å²) >= 11 is 1.09. The van der Waals surface area contributed by atoms with Crippen molar-refractivity contribution in [3.8, 4) is 5.75 Å². The molecule has 0 aromatic heterocycles. The normalized spacial score (nSPS) is 23.2. The third-order valence-electron chi connectivity index (χ3n) is 6.61. The molecule has 0 saturated carbocycles. The third-order valence-corrected chi connectivity index (χ3v) is 7.98. The van der Waals surface area contributed by atoms with Gasteiger partial charge in [-0.05, 0) is 44.0 Å². The zero-order valence-electron chi connectivity index (χ0n) is 22.7. The monoisotopic (exact) mass is 577 g/mol. The molecule has 3 aliphatic rings. The summed E-state index contributed by atoms with van der Waals surface area (Å²) in [6, 6.07) is 4.66. The minimum atomic E-state index is -2.40. The average Bonchev–Trinajstić information content (AvgIpc) is 3.36. The Balaban J connectivity index is 1.70. The van der Waals surface area contributed by atoms with Gasteiger partial charge in [0.25, 0.3) is 17.5 Å². The molecule has 3 aliphatic heterocycles. The standard InChI is InChI=1S/C26H31N3O10S/c1-13(30)38-11-15-12-40-22-26(36-5,21(34)29(22)18(15)19(31)32)28-20(33)25(27,23(35)39-24(2,3)4)16-6-7-17-14(10-16)8-9-37-17/h6-7,10,22H,8-9,11-12,27H2,1-5H3,(H,28,33)(H,31,32). The molecule has 0 aliphatic carbocycles. The van der Waals surface area contributed by atoms with Crippen LogP contribution in [-0.4, -0.2) is 82.5 Å². The molecule has 3 heterocycles. The summed E-state index contributed by atoms with van der Waals surface area (Å²) in [5.41, 5.74) is 1.81. The van der Waals surface area contributed by atoms with E-state index in [4.69, 9.17) is 24.7 Å². The minimum Gasteiger partial charge on any atom is -0.493 e. The molecule has 0 radical (unpaired) electrons. The van der Waals surface area contributed by atoms with Crippen LogP contribution in [0.4, 0.5) is 0 Å². The lowest BCUT2D eigenvalue weighted by Crippen LogP contribution is -2.82. The van der Waals surface area contributed by atoms with Crippen LogP contribution < -0.4 is 15.8 Å². The molecule has 0 spiro atoms. The van der Waals surface area contributed by atoms with E-state index in [-0.39, 0.29) is 29.2 Å². The van der Waals surface area contributed by atoms with Crippen molar-refractivity contribution in [3.05, 3.63) is 40.6 Å². The number of β-lactam (4-membered cyclic amide) rings is 1. The SMILES string of the molecule is COC1(NC(=O)C(N)(C(=O)OC(C)(C)C)c2ccc3c(c2)CCO3)C(=O)N2C(C(=O)O)=C(COC(C)=O)CSC21. The fraction of sp³-hybridized carbons (Fsp3) is 0.500. The van der Waals surface area contributed by atoms with E-state index in [1.165, 1.54) is 20.1 Å². The number of benzene rings is 1. The number of carbonyl (C=O) groups excluding carboxylic acids is 4. The lowest BCUT2D eigenvalue weighted by molar-refractivity contribution is -0.194. The Kier molecular flexibility index (Phi) is 7.64. The average molecular weight is 578 g/mol. The lowest BCUT2D eigenvalue weighted by Gasteiger charge is -2.56. The number of nitrogens with one attached hydrogen (secondary N) is 1. The number of carbonyl (C=O) groups is 5. The number of hydrogen-bond acceptors (Lipinski definition) is 11. The van der Waals surface area contributed by atoms with Crippen molar-refractivity contribution in [2.75, 3.05) is 26.1 Å². The van der Waals surface area contributed by atoms with Crippen LogP contribution in [-0.2, 0) is 50.1 Å². The molecular weight excluding hydrogens is 546 g/mol. The van der Waals surface area contributed by atoms with Gasteiger partial charge < -0.3 is 35.1 Å². The molecular formula is C26H31N3O10S. The third kappa shape index (κ3) is 4.90. The lowest BCUT2D eigenvalue weighted by atomic mass is 9.86. The number of amides is 2. The van der Waals surface area contributed by atoms with Gasteiger partial charge in [-0.3, -0.25) is 19.3 Å². The molecule has 1 fully saturated rings. The van der Waals surface area contributed by atoms with Crippen LogP contribution >= 0.6 is 11.8 Å². The number of fused-ring (bicyclic) bond motifs is 2. The van der Waals surface area contributed by atoms with Crippen LogP contribution in [0.1, 0.15) is 38.8 Å². The number of rotatable bonds is 8. The topological polar surface area (TPSA) is 184 Å². The highest BCUT2D eigenvalue weighted by Crippen LogP contribution is 2.47. The fourth-order valence-corrected chi connectivity index (χ4v) is 6.06. The van der Waals surface area contributed by atoms with Crippen molar-refractivity contribution in [1.29, 1.82) is 0 Å². The summed E-state index contributed by atoms with van der Waals surface area (Å²) in [5.74, 6) is -4.40. The van der Waals surface area contributed by atoms with Gasteiger partial charge in [0.05, 0.1) is 6.61 Å². The highest BCUT2D eigenvalue weighted by Gasteiger charge is 2.68. The van der Waals surface area contributed by atoms with Gasteiger partial charge in [-0.15, -0.1) is 11.8 Å². The van der Waals surface area contributed by atoms with Crippen molar-refractivity contribution in [1.82, 2.24) is 10.2 Å².